The van der Waals surface area contributed by atoms with Crippen LogP contribution in [0.5, 0.6) is 0 Å². The van der Waals surface area contributed by atoms with E-state index in [2.05, 4.69) is 10.3 Å². The van der Waals surface area contributed by atoms with Crippen molar-refractivity contribution in [1.82, 2.24) is 10.3 Å². The third kappa shape index (κ3) is 3.61. The van der Waals surface area contributed by atoms with Gasteiger partial charge in [-0.2, -0.15) is 0 Å². The van der Waals surface area contributed by atoms with Gasteiger partial charge in [-0.3, -0.25) is 10.0 Å². The maximum atomic E-state index is 5.63. The lowest BCUT2D eigenvalue weighted by molar-refractivity contribution is 0.145. The van der Waals surface area contributed by atoms with Crippen LogP contribution in [0.2, 0.25) is 0 Å². The Morgan fingerprint density at radius 2 is 2.54 bits per heavy atom. The molecule has 5 heteroatoms. The summed E-state index contributed by atoms with van der Waals surface area (Å²) >= 11 is 0. The number of hydrogen-bond donors (Lipinski definition) is 2. The van der Waals surface area contributed by atoms with Gasteiger partial charge in [0.2, 0.25) is 5.96 Å². The number of hydrogen-bond acceptors (Lipinski definition) is 5. The molecule has 0 saturated heterocycles. The highest BCUT2D eigenvalue weighted by atomic mass is 16.5. The Morgan fingerprint density at radius 3 is 3.15 bits per heavy atom. The Kier molecular flexibility index (Phi) is 4.56. The van der Waals surface area contributed by atoms with E-state index in [1.165, 1.54) is 0 Å². The number of hydrazine groups is 1. The highest BCUT2D eigenvalue weighted by Crippen LogP contribution is 1.92. The van der Waals surface area contributed by atoms with Gasteiger partial charge in [-0.05, 0) is 13.3 Å². The zero-order valence-electron chi connectivity index (χ0n) is 8.12. The van der Waals surface area contributed by atoms with Crippen molar-refractivity contribution in [1.29, 1.82) is 0 Å². The number of nitrogens with one attached hydrogen (secondary N) is 1. The van der Waals surface area contributed by atoms with Crippen molar-refractivity contribution < 1.29 is 4.74 Å². The number of rotatable bonds is 5. The first-order valence-electron chi connectivity index (χ1n) is 4.73. The van der Waals surface area contributed by atoms with Gasteiger partial charge in [0.1, 0.15) is 0 Å². The zero-order chi connectivity index (χ0) is 9.52. The predicted octanol–water partition coefficient (Wildman–Crippen LogP) is -0.452. The summed E-state index contributed by atoms with van der Waals surface area (Å²) in [6.07, 6.45) is 0.987. The maximum Gasteiger partial charge on any atom is 0.208 e. The largest absolute Gasteiger partial charge is 0.382 e. The van der Waals surface area contributed by atoms with Gasteiger partial charge in [-0.1, -0.05) is 0 Å². The van der Waals surface area contributed by atoms with Crippen LogP contribution in [0.15, 0.2) is 4.99 Å². The van der Waals surface area contributed by atoms with Crippen molar-refractivity contribution in [2.75, 3.05) is 32.8 Å². The van der Waals surface area contributed by atoms with E-state index in [1.54, 1.807) is 5.01 Å². The molecule has 1 heterocycles. The average Bonchev–Trinajstić information content (AvgIpc) is 2.52. The topological polar surface area (TPSA) is 62.9 Å². The number of nitrogens with two attached hydrogens (primary N) is 1. The van der Waals surface area contributed by atoms with Crippen LogP contribution in [0.25, 0.3) is 0 Å². The Labute approximate surface area is 78.9 Å². The molecule has 0 bridgehead atoms. The standard InChI is InChI=1S/C8H18N4O/c1-2-13-7-3-4-10-8-11-5-6-12(8)9/h2-7,9H2,1H3,(H,10,11). The fraction of sp³-hybridized carbons (Fsp3) is 0.875. The molecule has 76 valence electrons. The van der Waals surface area contributed by atoms with Gasteiger partial charge in [0.15, 0.2) is 0 Å². The second-order valence-electron chi connectivity index (χ2n) is 2.88. The van der Waals surface area contributed by atoms with Gasteiger partial charge in [-0.25, -0.2) is 5.84 Å². The molecular weight excluding hydrogens is 168 g/mol. The van der Waals surface area contributed by atoms with E-state index >= 15 is 0 Å². The van der Waals surface area contributed by atoms with Gasteiger partial charge in [0, 0.05) is 19.8 Å². The summed E-state index contributed by atoms with van der Waals surface area (Å²) in [5, 5.41) is 4.80. The summed E-state index contributed by atoms with van der Waals surface area (Å²) in [7, 11) is 0. The van der Waals surface area contributed by atoms with Gasteiger partial charge < -0.3 is 10.1 Å². The molecule has 3 N–H and O–H groups in total. The van der Waals surface area contributed by atoms with E-state index in [0.717, 1.165) is 45.2 Å². The number of aliphatic imine (C=N–C) groups is 1. The molecule has 1 rings (SSSR count). The third-order valence-corrected chi connectivity index (χ3v) is 1.83. The predicted molar refractivity (Wildman–Crippen MR) is 52.3 cm³/mol. The van der Waals surface area contributed by atoms with Crippen LogP contribution in [-0.4, -0.2) is 43.8 Å². The first-order valence-corrected chi connectivity index (χ1v) is 4.73. The van der Waals surface area contributed by atoms with Crippen molar-refractivity contribution in [2.45, 2.75) is 13.3 Å². The molecule has 0 spiro atoms. The summed E-state index contributed by atoms with van der Waals surface area (Å²) in [4.78, 5) is 4.20. The molecule has 0 radical (unpaired) electrons. The molecule has 0 saturated carbocycles. The molecule has 13 heavy (non-hydrogen) atoms. The normalized spacial score (nSPS) is 16.2. The molecule has 1 aliphatic heterocycles. The first-order chi connectivity index (χ1) is 6.34. The van der Waals surface area contributed by atoms with Crippen LogP contribution >= 0.6 is 0 Å². The van der Waals surface area contributed by atoms with E-state index in [0.29, 0.717) is 0 Å². The highest BCUT2D eigenvalue weighted by molar-refractivity contribution is 5.80. The molecule has 0 aromatic heterocycles. The summed E-state index contributed by atoms with van der Waals surface area (Å²) in [6.45, 7) is 6.05. The second kappa shape index (κ2) is 5.77. The zero-order valence-corrected chi connectivity index (χ0v) is 8.12. The lowest BCUT2D eigenvalue weighted by atomic mass is 10.4. The minimum Gasteiger partial charge on any atom is -0.382 e. The minimum atomic E-state index is 0.782. The van der Waals surface area contributed by atoms with Crippen molar-refractivity contribution in [2.24, 2.45) is 10.8 Å². The van der Waals surface area contributed by atoms with Gasteiger partial charge >= 0.3 is 0 Å². The first kappa shape index (κ1) is 10.3. The summed E-state index contributed by atoms with van der Waals surface area (Å²) < 4.78 is 5.20. The van der Waals surface area contributed by atoms with Crippen molar-refractivity contribution in [3.63, 3.8) is 0 Å². The van der Waals surface area contributed by atoms with Crippen molar-refractivity contribution in [3.05, 3.63) is 0 Å². The summed E-state index contributed by atoms with van der Waals surface area (Å²) in [6, 6.07) is 0. The minimum absolute atomic E-state index is 0.782. The Morgan fingerprint density at radius 1 is 1.69 bits per heavy atom. The van der Waals surface area contributed by atoms with E-state index in [-0.39, 0.29) is 0 Å². The summed E-state index contributed by atoms with van der Waals surface area (Å²) in [5.74, 6) is 6.43. The number of guanidine groups is 1. The molecule has 0 aromatic rings. The van der Waals surface area contributed by atoms with Crippen LogP contribution < -0.4 is 11.2 Å². The Hall–Kier alpha value is -0.810. The molecule has 5 nitrogen and oxygen atoms in total. The van der Waals surface area contributed by atoms with Crippen LogP contribution in [0, 0.1) is 0 Å². The van der Waals surface area contributed by atoms with Gasteiger partial charge in [-0.15, -0.1) is 0 Å². The summed E-state index contributed by atoms with van der Waals surface area (Å²) in [5.41, 5.74) is 0. The SMILES string of the molecule is CCOCCCNC1=NCCN1N. The van der Waals surface area contributed by atoms with Crippen LogP contribution in [-0.2, 0) is 4.74 Å². The molecular formula is C8H18N4O. The monoisotopic (exact) mass is 186 g/mol. The molecule has 0 aromatic carbocycles. The van der Waals surface area contributed by atoms with E-state index < -0.39 is 0 Å². The Balaban J connectivity index is 1.99. The second-order valence-corrected chi connectivity index (χ2v) is 2.88. The van der Waals surface area contributed by atoms with Gasteiger partial charge in [0.05, 0.1) is 13.1 Å². The average molecular weight is 186 g/mol. The maximum absolute atomic E-state index is 5.63. The van der Waals surface area contributed by atoms with Gasteiger partial charge in [0.25, 0.3) is 0 Å². The van der Waals surface area contributed by atoms with Crippen LogP contribution in [0.1, 0.15) is 13.3 Å². The van der Waals surface area contributed by atoms with Crippen molar-refractivity contribution in [3.8, 4) is 0 Å². The molecule has 0 aliphatic carbocycles. The molecule has 0 unspecified atom stereocenters. The lowest BCUT2D eigenvalue weighted by Crippen LogP contribution is -2.43. The molecule has 0 fully saturated rings. The Bertz CT molecular complexity index is 172. The van der Waals surface area contributed by atoms with Crippen LogP contribution in [0.4, 0.5) is 0 Å². The molecule has 0 atom stereocenters. The number of ether oxygens (including phenoxy) is 1. The molecule has 0 amide bonds. The fourth-order valence-electron chi connectivity index (χ4n) is 1.14. The third-order valence-electron chi connectivity index (χ3n) is 1.83. The van der Waals surface area contributed by atoms with E-state index in [4.69, 9.17) is 10.6 Å². The van der Waals surface area contributed by atoms with E-state index in [1.807, 2.05) is 6.92 Å². The smallest absolute Gasteiger partial charge is 0.208 e. The lowest BCUT2D eigenvalue weighted by Gasteiger charge is -2.14. The number of nitrogens with zero attached hydrogens (tertiary/aromatic N) is 2. The quantitative estimate of drug-likeness (QED) is 0.451. The highest BCUT2D eigenvalue weighted by Gasteiger charge is 2.11. The molecule has 1 aliphatic rings. The van der Waals surface area contributed by atoms with Crippen molar-refractivity contribution >= 4 is 5.96 Å². The van der Waals surface area contributed by atoms with Crippen LogP contribution in [0.3, 0.4) is 0 Å². The fourth-order valence-corrected chi connectivity index (χ4v) is 1.14. The van der Waals surface area contributed by atoms with E-state index in [9.17, 15) is 0 Å².